The van der Waals surface area contributed by atoms with Gasteiger partial charge in [-0.05, 0) is 41.3 Å². The Hall–Kier alpha value is -2.94. The molecule has 2 heterocycles. The summed E-state index contributed by atoms with van der Waals surface area (Å²) in [6.45, 7) is 1.56. The number of nitrogens with zero attached hydrogens (tertiary/aromatic N) is 2. The van der Waals surface area contributed by atoms with Crippen LogP contribution in [0.2, 0.25) is 0 Å². The molecule has 1 aliphatic rings. The van der Waals surface area contributed by atoms with Crippen LogP contribution in [0.3, 0.4) is 0 Å². The predicted molar refractivity (Wildman–Crippen MR) is 99.4 cm³/mol. The molecule has 3 nitrogen and oxygen atoms in total. The maximum Gasteiger partial charge on any atom is 0.253 e. The first-order valence-corrected chi connectivity index (χ1v) is 8.66. The SMILES string of the molecule is O=C(c1cccc(-c2ccccc2)c1)N1CCC(c2cccnc2)C1. The number of hydrogen-bond acceptors (Lipinski definition) is 2. The molecule has 25 heavy (non-hydrogen) atoms. The van der Waals surface area contributed by atoms with Crippen LogP contribution in [-0.4, -0.2) is 28.9 Å². The molecule has 1 atom stereocenters. The zero-order valence-electron chi connectivity index (χ0n) is 14.0. The molecule has 3 aromatic rings. The van der Waals surface area contributed by atoms with Crippen LogP contribution >= 0.6 is 0 Å². The Morgan fingerprint density at radius 3 is 2.60 bits per heavy atom. The highest BCUT2D eigenvalue weighted by molar-refractivity contribution is 5.95. The Kier molecular flexibility index (Phi) is 4.30. The number of likely N-dealkylation sites (tertiary alicyclic amines) is 1. The van der Waals surface area contributed by atoms with Crippen molar-refractivity contribution in [2.75, 3.05) is 13.1 Å². The van der Waals surface area contributed by atoms with E-state index in [9.17, 15) is 4.79 Å². The molecule has 3 heteroatoms. The molecule has 2 aromatic carbocycles. The Bertz CT molecular complexity index is 861. The van der Waals surface area contributed by atoms with Crippen molar-refractivity contribution in [1.29, 1.82) is 0 Å². The van der Waals surface area contributed by atoms with Crippen molar-refractivity contribution < 1.29 is 4.79 Å². The van der Waals surface area contributed by atoms with Gasteiger partial charge in [-0.15, -0.1) is 0 Å². The van der Waals surface area contributed by atoms with Crippen LogP contribution in [0.5, 0.6) is 0 Å². The minimum absolute atomic E-state index is 0.115. The fourth-order valence-electron chi connectivity index (χ4n) is 3.48. The van der Waals surface area contributed by atoms with Gasteiger partial charge in [0.05, 0.1) is 0 Å². The van der Waals surface area contributed by atoms with Gasteiger partial charge in [0.2, 0.25) is 0 Å². The van der Waals surface area contributed by atoms with Gasteiger partial charge in [0.25, 0.3) is 5.91 Å². The lowest BCUT2D eigenvalue weighted by Gasteiger charge is -2.17. The smallest absolute Gasteiger partial charge is 0.253 e. The van der Waals surface area contributed by atoms with Crippen LogP contribution in [0.15, 0.2) is 79.1 Å². The van der Waals surface area contributed by atoms with Gasteiger partial charge < -0.3 is 4.90 Å². The molecule has 1 saturated heterocycles. The van der Waals surface area contributed by atoms with Crippen molar-refractivity contribution in [2.24, 2.45) is 0 Å². The molecule has 1 unspecified atom stereocenters. The standard InChI is InChI=1S/C22H20N2O/c25-22(24-13-11-21(16-24)20-10-5-12-23-15-20)19-9-4-8-18(14-19)17-6-2-1-3-7-17/h1-10,12,14-15,21H,11,13,16H2. The molecular formula is C22H20N2O. The number of amides is 1. The molecule has 0 saturated carbocycles. The lowest BCUT2D eigenvalue weighted by molar-refractivity contribution is 0.0791. The molecule has 0 bridgehead atoms. The van der Waals surface area contributed by atoms with Crippen molar-refractivity contribution in [3.63, 3.8) is 0 Å². The van der Waals surface area contributed by atoms with Gasteiger partial charge in [-0.1, -0.05) is 48.5 Å². The third-order valence-electron chi connectivity index (χ3n) is 4.85. The molecule has 1 aliphatic heterocycles. The fraction of sp³-hybridized carbons (Fsp3) is 0.182. The van der Waals surface area contributed by atoms with Crippen LogP contribution < -0.4 is 0 Å². The zero-order chi connectivity index (χ0) is 17.1. The Morgan fingerprint density at radius 2 is 1.80 bits per heavy atom. The summed E-state index contributed by atoms with van der Waals surface area (Å²) in [6, 6.07) is 22.1. The van der Waals surface area contributed by atoms with Crippen molar-refractivity contribution >= 4 is 5.91 Å². The third-order valence-corrected chi connectivity index (χ3v) is 4.85. The van der Waals surface area contributed by atoms with Gasteiger partial charge >= 0.3 is 0 Å². The van der Waals surface area contributed by atoms with Crippen LogP contribution in [0.1, 0.15) is 28.3 Å². The summed E-state index contributed by atoms with van der Waals surface area (Å²) < 4.78 is 0. The van der Waals surface area contributed by atoms with Crippen molar-refractivity contribution in [1.82, 2.24) is 9.88 Å². The quantitative estimate of drug-likeness (QED) is 0.715. The highest BCUT2D eigenvalue weighted by atomic mass is 16.2. The van der Waals surface area contributed by atoms with E-state index < -0.39 is 0 Å². The normalized spacial score (nSPS) is 16.8. The Balaban J connectivity index is 1.52. The molecule has 1 fully saturated rings. The first kappa shape index (κ1) is 15.6. The van der Waals surface area contributed by atoms with Gasteiger partial charge in [0.1, 0.15) is 0 Å². The Morgan fingerprint density at radius 1 is 0.960 bits per heavy atom. The fourth-order valence-corrected chi connectivity index (χ4v) is 3.48. The minimum Gasteiger partial charge on any atom is -0.338 e. The van der Waals surface area contributed by atoms with E-state index in [2.05, 4.69) is 29.2 Å². The van der Waals surface area contributed by atoms with Crippen LogP contribution in [0.25, 0.3) is 11.1 Å². The molecule has 1 aromatic heterocycles. The average Bonchev–Trinajstić information content (AvgIpc) is 3.19. The minimum atomic E-state index is 0.115. The van der Waals surface area contributed by atoms with E-state index in [1.54, 1.807) is 6.20 Å². The zero-order valence-corrected chi connectivity index (χ0v) is 14.0. The molecule has 0 spiro atoms. The maximum absolute atomic E-state index is 12.9. The first-order chi connectivity index (χ1) is 12.3. The summed E-state index contributed by atoms with van der Waals surface area (Å²) in [6.07, 6.45) is 4.70. The number of benzene rings is 2. The predicted octanol–water partition coefficient (Wildman–Crippen LogP) is 4.38. The lowest BCUT2D eigenvalue weighted by atomic mass is 10.0. The summed E-state index contributed by atoms with van der Waals surface area (Å²) in [5.74, 6) is 0.499. The summed E-state index contributed by atoms with van der Waals surface area (Å²) in [4.78, 5) is 19.1. The van der Waals surface area contributed by atoms with Crippen molar-refractivity contribution in [2.45, 2.75) is 12.3 Å². The van der Waals surface area contributed by atoms with E-state index in [1.807, 2.05) is 53.6 Å². The second-order valence-electron chi connectivity index (χ2n) is 6.47. The van der Waals surface area contributed by atoms with Crippen LogP contribution in [0.4, 0.5) is 0 Å². The molecule has 124 valence electrons. The summed E-state index contributed by atoms with van der Waals surface area (Å²) >= 11 is 0. The van der Waals surface area contributed by atoms with Gasteiger partial charge in [0, 0.05) is 37.0 Å². The van der Waals surface area contributed by atoms with E-state index in [1.165, 1.54) is 5.56 Å². The van der Waals surface area contributed by atoms with Crippen LogP contribution in [0, 0.1) is 0 Å². The van der Waals surface area contributed by atoms with E-state index in [0.29, 0.717) is 5.92 Å². The Labute approximate surface area is 148 Å². The number of rotatable bonds is 3. The summed E-state index contributed by atoms with van der Waals surface area (Å²) in [5.41, 5.74) is 4.19. The van der Waals surface area contributed by atoms with E-state index >= 15 is 0 Å². The van der Waals surface area contributed by atoms with Gasteiger partial charge in [-0.25, -0.2) is 0 Å². The first-order valence-electron chi connectivity index (χ1n) is 8.66. The molecule has 1 amide bonds. The van der Waals surface area contributed by atoms with Crippen molar-refractivity contribution in [3.05, 3.63) is 90.3 Å². The summed E-state index contributed by atoms with van der Waals surface area (Å²) in [5, 5.41) is 0. The molecule has 0 N–H and O–H groups in total. The number of pyridine rings is 1. The highest BCUT2D eigenvalue weighted by Crippen LogP contribution is 2.28. The number of carbonyl (C=O) groups is 1. The van der Waals surface area contributed by atoms with Gasteiger partial charge in [-0.2, -0.15) is 0 Å². The van der Waals surface area contributed by atoms with E-state index in [-0.39, 0.29) is 5.91 Å². The van der Waals surface area contributed by atoms with Gasteiger partial charge in [0.15, 0.2) is 0 Å². The van der Waals surface area contributed by atoms with E-state index in [4.69, 9.17) is 0 Å². The third kappa shape index (κ3) is 3.31. The highest BCUT2D eigenvalue weighted by Gasteiger charge is 2.28. The lowest BCUT2D eigenvalue weighted by Crippen LogP contribution is -2.28. The number of carbonyl (C=O) groups excluding carboxylic acids is 1. The summed E-state index contributed by atoms with van der Waals surface area (Å²) in [7, 11) is 0. The van der Waals surface area contributed by atoms with Crippen LogP contribution in [-0.2, 0) is 0 Å². The molecule has 4 rings (SSSR count). The second kappa shape index (κ2) is 6.89. The topological polar surface area (TPSA) is 33.2 Å². The molecular weight excluding hydrogens is 308 g/mol. The maximum atomic E-state index is 12.9. The second-order valence-corrected chi connectivity index (χ2v) is 6.47. The molecule has 0 radical (unpaired) electrons. The monoisotopic (exact) mass is 328 g/mol. The average molecular weight is 328 g/mol. The number of hydrogen-bond donors (Lipinski definition) is 0. The van der Waals surface area contributed by atoms with Gasteiger partial charge in [-0.3, -0.25) is 9.78 Å². The van der Waals surface area contributed by atoms with Crippen molar-refractivity contribution in [3.8, 4) is 11.1 Å². The molecule has 0 aliphatic carbocycles. The largest absolute Gasteiger partial charge is 0.338 e. The number of aromatic nitrogens is 1. The van der Waals surface area contributed by atoms with E-state index in [0.717, 1.165) is 36.2 Å².